The van der Waals surface area contributed by atoms with Gasteiger partial charge in [-0.15, -0.1) is 0 Å². The number of carbonyl (C=O) groups excluding carboxylic acids is 3. The zero-order valence-electron chi connectivity index (χ0n) is 16.6. The zero-order chi connectivity index (χ0) is 21.0. The van der Waals surface area contributed by atoms with Crippen LogP contribution in [0, 0.1) is 6.92 Å². The van der Waals surface area contributed by atoms with Crippen LogP contribution >= 0.6 is 0 Å². The van der Waals surface area contributed by atoms with Crippen LogP contribution in [0.4, 0.5) is 0 Å². The minimum Gasteiger partial charge on any atom is -0.352 e. The molecule has 29 heavy (non-hydrogen) atoms. The summed E-state index contributed by atoms with van der Waals surface area (Å²) in [5.74, 6) is -0.723. The van der Waals surface area contributed by atoms with E-state index in [0.29, 0.717) is 25.1 Å². The van der Waals surface area contributed by atoms with Crippen molar-refractivity contribution in [2.24, 2.45) is 0 Å². The lowest BCUT2D eigenvalue weighted by molar-refractivity contribution is -0.138. The fraction of sp³-hybridized carbons (Fsp3) is 0.550. The SMILES string of the molecule is Cc1ccc(C(=O)NCCCN2C(=O)CCC2=O)cc1S(=O)(=O)N1CCCCC1. The van der Waals surface area contributed by atoms with E-state index in [1.165, 1.54) is 15.3 Å². The lowest BCUT2D eigenvalue weighted by Crippen LogP contribution is -2.36. The fourth-order valence-corrected chi connectivity index (χ4v) is 5.44. The third-order valence-electron chi connectivity index (χ3n) is 5.38. The number of imide groups is 1. The number of aryl methyl sites for hydroxylation is 1. The molecule has 0 aromatic heterocycles. The summed E-state index contributed by atoms with van der Waals surface area (Å²) in [5.41, 5.74) is 0.887. The van der Waals surface area contributed by atoms with Crippen molar-refractivity contribution < 1.29 is 22.8 Å². The Morgan fingerprint density at radius 3 is 2.38 bits per heavy atom. The third-order valence-corrected chi connectivity index (χ3v) is 7.42. The van der Waals surface area contributed by atoms with E-state index in [-0.39, 0.29) is 54.1 Å². The van der Waals surface area contributed by atoms with Crippen molar-refractivity contribution in [2.45, 2.75) is 50.3 Å². The van der Waals surface area contributed by atoms with Crippen molar-refractivity contribution in [2.75, 3.05) is 26.2 Å². The normalized spacial score (nSPS) is 18.3. The van der Waals surface area contributed by atoms with Gasteiger partial charge in [0.25, 0.3) is 5.91 Å². The van der Waals surface area contributed by atoms with Gasteiger partial charge in [0.05, 0.1) is 4.90 Å². The van der Waals surface area contributed by atoms with Crippen LogP contribution in [0.3, 0.4) is 0 Å². The molecule has 2 aliphatic rings. The molecule has 158 valence electrons. The van der Waals surface area contributed by atoms with Crippen LogP contribution in [-0.2, 0) is 19.6 Å². The number of sulfonamides is 1. The van der Waals surface area contributed by atoms with E-state index < -0.39 is 10.0 Å². The van der Waals surface area contributed by atoms with E-state index in [4.69, 9.17) is 0 Å². The van der Waals surface area contributed by atoms with Gasteiger partial charge in [0.15, 0.2) is 0 Å². The van der Waals surface area contributed by atoms with Crippen LogP contribution in [-0.4, -0.2) is 61.5 Å². The van der Waals surface area contributed by atoms with Crippen LogP contribution in [0.5, 0.6) is 0 Å². The number of piperidine rings is 1. The number of likely N-dealkylation sites (tertiary alicyclic amines) is 1. The summed E-state index contributed by atoms with van der Waals surface area (Å²) >= 11 is 0. The Hall–Kier alpha value is -2.26. The Kier molecular flexibility index (Phi) is 6.69. The van der Waals surface area contributed by atoms with Gasteiger partial charge in [0, 0.05) is 44.6 Å². The van der Waals surface area contributed by atoms with Crippen LogP contribution < -0.4 is 5.32 Å². The van der Waals surface area contributed by atoms with Gasteiger partial charge in [-0.2, -0.15) is 4.31 Å². The average Bonchev–Trinajstić information content (AvgIpc) is 3.03. The van der Waals surface area contributed by atoms with Gasteiger partial charge < -0.3 is 5.32 Å². The van der Waals surface area contributed by atoms with Crippen molar-refractivity contribution in [3.8, 4) is 0 Å². The maximum Gasteiger partial charge on any atom is 0.251 e. The molecule has 3 rings (SSSR count). The maximum absolute atomic E-state index is 13.0. The predicted molar refractivity (Wildman–Crippen MR) is 107 cm³/mol. The van der Waals surface area contributed by atoms with Gasteiger partial charge >= 0.3 is 0 Å². The van der Waals surface area contributed by atoms with Gasteiger partial charge in [0.1, 0.15) is 0 Å². The van der Waals surface area contributed by atoms with E-state index in [1.54, 1.807) is 19.1 Å². The highest BCUT2D eigenvalue weighted by Gasteiger charge is 2.29. The van der Waals surface area contributed by atoms with E-state index in [1.807, 2.05) is 0 Å². The lowest BCUT2D eigenvalue weighted by atomic mass is 10.1. The lowest BCUT2D eigenvalue weighted by Gasteiger charge is -2.26. The quantitative estimate of drug-likeness (QED) is 0.530. The van der Waals surface area contributed by atoms with Crippen LogP contribution in [0.1, 0.15) is 54.4 Å². The molecule has 0 aliphatic carbocycles. The molecule has 8 nitrogen and oxygen atoms in total. The number of amides is 3. The summed E-state index contributed by atoms with van der Waals surface area (Å²) in [4.78, 5) is 37.0. The first kappa shape index (κ1) is 21.4. The second kappa shape index (κ2) is 9.04. The first-order valence-electron chi connectivity index (χ1n) is 10.0. The highest BCUT2D eigenvalue weighted by molar-refractivity contribution is 7.89. The Balaban J connectivity index is 1.62. The third kappa shape index (κ3) is 4.84. The van der Waals surface area contributed by atoms with Gasteiger partial charge in [-0.25, -0.2) is 8.42 Å². The second-order valence-corrected chi connectivity index (χ2v) is 9.40. The molecule has 2 saturated heterocycles. The summed E-state index contributed by atoms with van der Waals surface area (Å²) in [5, 5.41) is 2.73. The first-order chi connectivity index (χ1) is 13.8. The van der Waals surface area contributed by atoms with Gasteiger partial charge in [-0.05, 0) is 43.9 Å². The van der Waals surface area contributed by atoms with E-state index in [2.05, 4.69) is 5.32 Å². The maximum atomic E-state index is 13.0. The smallest absolute Gasteiger partial charge is 0.251 e. The standard InChI is InChI=1S/C20H27N3O5S/c1-15-6-7-16(14-17(15)29(27,28)22-11-3-2-4-12-22)20(26)21-10-5-13-23-18(24)8-9-19(23)25/h6-7,14H,2-5,8-13H2,1H3,(H,21,26). The summed E-state index contributed by atoms with van der Waals surface area (Å²) in [6.07, 6.45) is 3.68. The summed E-state index contributed by atoms with van der Waals surface area (Å²) in [6, 6.07) is 4.68. The zero-order valence-corrected chi connectivity index (χ0v) is 17.5. The van der Waals surface area contributed by atoms with Crippen molar-refractivity contribution in [3.63, 3.8) is 0 Å². The van der Waals surface area contributed by atoms with Crippen LogP contribution in [0.15, 0.2) is 23.1 Å². The van der Waals surface area contributed by atoms with Crippen LogP contribution in [0.2, 0.25) is 0 Å². The summed E-state index contributed by atoms with van der Waals surface area (Å²) in [7, 11) is -3.63. The fourth-order valence-electron chi connectivity index (χ4n) is 3.68. The van der Waals surface area contributed by atoms with Crippen molar-refractivity contribution in [3.05, 3.63) is 29.3 Å². The van der Waals surface area contributed by atoms with Gasteiger partial charge in [-0.1, -0.05) is 12.5 Å². The highest BCUT2D eigenvalue weighted by Crippen LogP contribution is 2.24. The van der Waals surface area contributed by atoms with Gasteiger partial charge in [-0.3, -0.25) is 19.3 Å². The molecule has 1 aromatic carbocycles. The molecule has 1 N–H and O–H groups in total. The number of carbonyl (C=O) groups is 3. The number of rotatable bonds is 7. The Morgan fingerprint density at radius 1 is 1.07 bits per heavy atom. The summed E-state index contributed by atoms with van der Waals surface area (Å²) < 4.78 is 27.4. The molecule has 0 radical (unpaired) electrons. The molecule has 9 heteroatoms. The molecule has 2 fully saturated rings. The molecule has 0 saturated carbocycles. The number of hydrogen-bond acceptors (Lipinski definition) is 5. The number of hydrogen-bond donors (Lipinski definition) is 1. The average molecular weight is 422 g/mol. The monoisotopic (exact) mass is 421 g/mol. The molecule has 0 unspecified atom stereocenters. The molecule has 1 aromatic rings. The van der Waals surface area contributed by atoms with E-state index in [9.17, 15) is 22.8 Å². The van der Waals surface area contributed by atoms with E-state index in [0.717, 1.165) is 19.3 Å². The molecule has 0 atom stereocenters. The molecule has 2 aliphatic heterocycles. The molecule has 0 bridgehead atoms. The predicted octanol–water partition coefficient (Wildman–Crippen LogP) is 1.44. The minimum atomic E-state index is -3.63. The van der Waals surface area contributed by atoms with Crippen molar-refractivity contribution >= 4 is 27.7 Å². The first-order valence-corrected chi connectivity index (χ1v) is 11.5. The highest BCUT2D eigenvalue weighted by atomic mass is 32.2. The van der Waals surface area contributed by atoms with Crippen LogP contribution in [0.25, 0.3) is 0 Å². The number of nitrogens with zero attached hydrogens (tertiary/aromatic N) is 2. The van der Waals surface area contributed by atoms with E-state index >= 15 is 0 Å². The molecule has 0 spiro atoms. The number of benzene rings is 1. The minimum absolute atomic E-state index is 0.167. The molecular formula is C20H27N3O5S. The largest absolute Gasteiger partial charge is 0.352 e. The molecule has 2 heterocycles. The Bertz CT molecular complexity index is 891. The number of nitrogens with one attached hydrogen (secondary N) is 1. The van der Waals surface area contributed by atoms with Gasteiger partial charge in [0.2, 0.25) is 21.8 Å². The van der Waals surface area contributed by atoms with Crippen molar-refractivity contribution in [1.82, 2.24) is 14.5 Å². The second-order valence-electron chi connectivity index (χ2n) is 7.49. The Morgan fingerprint density at radius 2 is 1.72 bits per heavy atom. The van der Waals surface area contributed by atoms with Crippen molar-refractivity contribution in [1.29, 1.82) is 0 Å². The summed E-state index contributed by atoms with van der Waals surface area (Å²) in [6.45, 7) is 3.30. The Labute approximate surface area is 171 Å². The topological polar surface area (TPSA) is 104 Å². The molecular weight excluding hydrogens is 394 g/mol. The molecule has 3 amide bonds.